The van der Waals surface area contributed by atoms with E-state index in [0.29, 0.717) is 21.9 Å². The van der Waals surface area contributed by atoms with Gasteiger partial charge in [0, 0.05) is 11.6 Å². The first-order valence-electron chi connectivity index (χ1n) is 7.31. The molecule has 0 bridgehead atoms. The standard InChI is InChI=1S/C17H15NO5/c1-3-21-16(19)13-11-9-18-12-8-6-5-7-10(12)14(11)23-15(13)17(20)22-4-2/h5-9H,3-4H2,1-2H3. The fourth-order valence-corrected chi connectivity index (χ4v) is 2.43. The zero-order chi connectivity index (χ0) is 16.4. The molecular formula is C17H15NO5. The molecule has 0 aliphatic carbocycles. The van der Waals surface area contributed by atoms with E-state index in [1.165, 1.54) is 6.20 Å². The third kappa shape index (κ3) is 2.52. The number of rotatable bonds is 4. The van der Waals surface area contributed by atoms with Gasteiger partial charge < -0.3 is 13.9 Å². The molecule has 1 aromatic carbocycles. The van der Waals surface area contributed by atoms with Gasteiger partial charge in [0.2, 0.25) is 5.76 Å². The fraction of sp³-hybridized carbons (Fsp3) is 0.235. The van der Waals surface area contributed by atoms with Crippen LogP contribution in [0.1, 0.15) is 34.8 Å². The smallest absolute Gasteiger partial charge is 0.375 e. The average Bonchev–Trinajstić information content (AvgIpc) is 2.95. The van der Waals surface area contributed by atoms with Crippen LogP contribution in [0.5, 0.6) is 0 Å². The van der Waals surface area contributed by atoms with Crippen LogP contribution in [0.15, 0.2) is 34.9 Å². The lowest BCUT2D eigenvalue weighted by atomic mass is 10.1. The number of benzene rings is 1. The number of hydrogen-bond donors (Lipinski definition) is 0. The summed E-state index contributed by atoms with van der Waals surface area (Å²) in [4.78, 5) is 28.7. The summed E-state index contributed by atoms with van der Waals surface area (Å²) in [7, 11) is 0. The van der Waals surface area contributed by atoms with Crippen molar-refractivity contribution < 1.29 is 23.5 Å². The molecule has 3 aromatic rings. The van der Waals surface area contributed by atoms with Crippen molar-refractivity contribution in [3.63, 3.8) is 0 Å². The van der Waals surface area contributed by atoms with Crippen molar-refractivity contribution >= 4 is 33.8 Å². The van der Waals surface area contributed by atoms with Gasteiger partial charge in [0.1, 0.15) is 11.1 Å². The van der Waals surface area contributed by atoms with E-state index < -0.39 is 11.9 Å². The van der Waals surface area contributed by atoms with Gasteiger partial charge in [-0.3, -0.25) is 4.98 Å². The van der Waals surface area contributed by atoms with Crippen LogP contribution >= 0.6 is 0 Å². The Kier molecular flexibility index (Phi) is 3.97. The average molecular weight is 313 g/mol. The fourth-order valence-electron chi connectivity index (χ4n) is 2.43. The Bertz CT molecular complexity index is 897. The Hall–Kier alpha value is -2.89. The van der Waals surface area contributed by atoms with Crippen LogP contribution in [0, 0.1) is 0 Å². The summed E-state index contributed by atoms with van der Waals surface area (Å²) in [6.45, 7) is 3.74. The van der Waals surface area contributed by atoms with Gasteiger partial charge in [0.25, 0.3) is 0 Å². The summed E-state index contributed by atoms with van der Waals surface area (Å²) in [5, 5.41) is 1.15. The molecule has 0 fully saturated rings. The van der Waals surface area contributed by atoms with Crippen molar-refractivity contribution in [2.75, 3.05) is 13.2 Å². The van der Waals surface area contributed by atoms with E-state index >= 15 is 0 Å². The highest BCUT2D eigenvalue weighted by atomic mass is 16.5. The molecule has 0 radical (unpaired) electrons. The van der Waals surface area contributed by atoms with Gasteiger partial charge in [-0.15, -0.1) is 0 Å². The number of esters is 2. The zero-order valence-corrected chi connectivity index (χ0v) is 12.8. The van der Waals surface area contributed by atoms with Crippen LogP contribution < -0.4 is 0 Å². The maximum absolute atomic E-state index is 12.3. The number of fused-ring (bicyclic) bond motifs is 3. The van der Waals surface area contributed by atoms with Crippen LogP contribution in [0.25, 0.3) is 21.9 Å². The molecule has 0 amide bonds. The topological polar surface area (TPSA) is 78.6 Å². The summed E-state index contributed by atoms with van der Waals surface area (Å²) in [5.41, 5.74) is 1.18. The number of carbonyl (C=O) groups is 2. The van der Waals surface area contributed by atoms with E-state index in [-0.39, 0.29) is 24.5 Å². The Morgan fingerprint density at radius 1 is 1.04 bits per heavy atom. The Labute approximate surface area is 132 Å². The highest BCUT2D eigenvalue weighted by Gasteiger charge is 2.28. The van der Waals surface area contributed by atoms with E-state index in [9.17, 15) is 9.59 Å². The Morgan fingerprint density at radius 2 is 1.74 bits per heavy atom. The maximum atomic E-state index is 12.3. The second kappa shape index (κ2) is 6.08. The van der Waals surface area contributed by atoms with Gasteiger partial charge in [-0.25, -0.2) is 9.59 Å². The predicted octanol–water partition coefficient (Wildman–Crippen LogP) is 3.33. The molecule has 23 heavy (non-hydrogen) atoms. The molecule has 2 heterocycles. The summed E-state index contributed by atoms with van der Waals surface area (Å²) >= 11 is 0. The Balaban J connectivity index is 2.31. The van der Waals surface area contributed by atoms with Crippen molar-refractivity contribution in [2.24, 2.45) is 0 Å². The molecule has 2 aromatic heterocycles. The minimum atomic E-state index is -0.698. The minimum Gasteiger partial charge on any atom is -0.462 e. The molecular weight excluding hydrogens is 298 g/mol. The normalized spacial score (nSPS) is 10.9. The van der Waals surface area contributed by atoms with Crippen molar-refractivity contribution in [3.8, 4) is 0 Å². The van der Waals surface area contributed by atoms with Crippen LogP contribution in [0.4, 0.5) is 0 Å². The number of carbonyl (C=O) groups excluding carboxylic acids is 2. The highest BCUT2D eigenvalue weighted by molar-refractivity contribution is 6.15. The minimum absolute atomic E-state index is 0.0542. The monoisotopic (exact) mass is 313 g/mol. The third-order valence-corrected chi connectivity index (χ3v) is 3.37. The molecule has 6 nitrogen and oxygen atoms in total. The van der Waals surface area contributed by atoms with E-state index in [1.807, 2.05) is 24.3 Å². The zero-order valence-electron chi connectivity index (χ0n) is 12.8. The number of nitrogens with zero attached hydrogens (tertiary/aromatic N) is 1. The molecule has 0 atom stereocenters. The molecule has 0 aliphatic rings. The SMILES string of the molecule is CCOC(=O)c1oc2c(cnc3ccccc32)c1C(=O)OCC. The predicted molar refractivity (Wildman–Crippen MR) is 83.4 cm³/mol. The lowest BCUT2D eigenvalue weighted by Crippen LogP contribution is -2.12. The van der Waals surface area contributed by atoms with Crippen molar-refractivity contribution in [1.29, 1.82) is 0 Å². The van der Waals surface area contributed by atoms with Gasteiger partial charge in [-0.1, -0.05) is 12.1 Å². The second-order valence-corrected chi connectivity index (χ2v) is 4.77. The van der Waals surface area contributed by atoms with E-state index in [0.717, 1.165) is 0 Å². The summed E-state index contributed by atoms with van der Waals surface area (Å²) in [6.07, 6.45) is 1.51. The first-order valence-corrected chi connectivity index (χ1v) is 7.31. The van der Waals surface area contributed by atoms with Gasteiger partial charge in [-0.05, 0) is 26.0 Å². The van der Waals surface area contributed by atoms with Crippen molar-refractivity contribution in [1.82, 2.24) is 4.98 Å². The van der Waals surface area contributed by atoms with E-state index in [1.54, 1.807) is 13.8 Å². The molecule has 0 saturated carbocycles. The summed E-state index contributed by atoms with van der Waals surface area (Å²) < 4.78 is 15.7. The van der Waals surface area contributed by atoms with Crippen LogP contribution in [-0.2, 0) is 9.47 Å². The van der Waals surface area contributed by atoms with Gasteiger partial charge in [-0.2, -0.15) is 0 Å². The first kappa shape index (κ1) is 15.0. The van der Waals surface area contributed by atoms with Gasteiger partial charge in [0.15, 0.2) is 0 Å². The quantitative estimate of drug-likeness (QED) is 0.687. The molecule has 118 valence electrons. The Morgan fingerprint density at radius 3 is 2.48 bits per heavy atom. The largest absolute Gasteiger partial charge is 0.462 e. The molecule has 0 N–H and O–H groups in total. The summed E-state index contributed by atoms with van der Waals surface area (Å²) in [6, 6.07) is 7.33. The number of hydrogen-bond acceptors (Lipinski definition) is 6. The second-order valence-electron chi connectivity index (χ2n) is 4.77. The van der Waals surface area contributed by atoms with E-state index in [4.69, 9.17) is 13.9 Å². The highest BCUT2D eigenvalue weighted by Crippen LogP contribution is 2.31. The molecule has 0 spiro atoms. The lowest BCUT2D eigenvalue weighted by Gasteiger charge is -2.02. The van der Waals surface area contributed by atoms with Crippen molar-refractivity contribution in [3.05, 3.63) is 41.8 Å². The van der Waals surface area contributed by atoms with Crippen LogP contribution in [0.2, 0.25) is 0 Å². The van der Waals surface area contributed by atoms with Gasteiger partial charge in [0.05, 0.1) is 24.1 Å². The first-order chi connectivity index (χ1) is 11.2. The number of aromatic nitrogens is 1. The molecule has 3 rings (SSSR count). The molecule has 0 aliphatic heterocycles. The van der Waals surface area contributed by atoms with Gasteiger partial charge >= 0.3 is 11.9 Å². The lowest BCUT2D eigenvalue weighted by molar-refractivity contribution is 0.0454. The maximum Gasteiger partial charge on any atom is 0.375 e. The van der Waals surface area contributed by atoms with Crippen LogP contribution in [-0.4, -0.2) is 30.1 Å². The number of pyridine rings is 1. The number of para-hydroxylation sites is 1. The number of ether oxygens (including phenoxy) is 2. The van der Waals surface area contributed by atoms with E-state index in [2.05, 4.69) is 4.98 Å². The summed E-state index contributed by atoms with van der Waals surface area (Å²) in [5.74, 6) is -1.49. The van der Waals surface area contributed by atoms with Crippen LogP contribution in [0.3, 0.4) is 0 Å². The molecule has 6 heteroatoms. The molecule has 0 unspecified atom stereocenters. The number of furan rings is 1. The third-order valence-electron chi connectivity index (χ3n) is 3.37. The van der Waals surface area contributed by atoms with Crippen molar-refractivity contribution in [2.45, 2.75) is 13.8 Å². The molecule has 0 saturated heterocycles.